The maximum Gasteiger partial charge on any atom is 0.354 e. The van der Waals surface area contributed by atoms with Crippen LogP contribution in [0.4, 0.5) is 0 Å². The first kappa shape index (κ1) is 13.1. The third-order valence-electron chi connectivity index (χ3n) is 2.16. The van der Waals surface area contributed by atoms with Crippen molar-refractivity contribution < 1.29 is 19.4 Å². The number of amides is 1. The number of ether oxygens (including phenoxy) is 1. The van der Waals surface area contributed by atoms with Gasteiger partial charge in [-0.2, -0.15) is 0 Å². The molecule has 1 rings (SSSR count). The molecule has 1 N–H and O–H groups in total. The van der Waals surface area contributed by atoms with Crippen molar-refractivity contribution in [2.75, 3.05) is 27.3 Å². The second-order valence-corrected chi connectivity index (χ2v) is 3.43. The summed E-state index contributed by atoms with van der Waals surface area (Å²) < 4.78 is 4.85. The van der Waals surface area contributed by atoms with Gasteiger partial charge in [-0.15, -0.1) is 0 Å². The van der Waals surface area contributed by atoms with Crippen LogP contribution in [0.3, 0.4) is 0 Å². The number of carbonyl (C=O) groups excluding carboxylic acids is 1. The van der Waals surface area contributed by atoms with E-state index in [1.165, 1.54) is 23.1 Å². The van der Waals surface area contributed by atoms with Crippen LogP contribution in [-0.2, 0) is 4.74 Å². The molecule has 0 fully saturated rings. The Morgan fingerprint density at radius 2 is 2.06 bits per heavy atom. The monoisotopic (exact) mass is 238 g/mol. The van der Waals surface area contributed by atoms with Gasteiger partial charge in [0.15, 0.2) is 0 Å². The Morgan fingerprint density at radius 1 is 1.41 bits per heavy atom. The molecule has 6 heteroatoms. The summed E-state index contributed by atoms with van der Waals surface area (Å²) in [5.41, 5.74) is -0.0282. The number of likely N-dealkylation sites (N-methyl/N-ethyl adjacent to an activating group) is 1. The number of nitrogens with zero attached hydrogens (tertiary/aromatic N) is 2. The fraction of sp³-hybridized carbons (Fsp3) is 0.364. The van der Waals surface area contributed by atoms with Crippen molar-refractivity contribution >= 4 is 11.9 Å². The molecular formula is C11H14N2O4. The van der Waals surface area contributed by atoms with E-state index in [2.05, 4.69) is 4.98 Å². The quantitative estimate of drug-likeness (QED) is 0.807. The maximum atomic E-state index is 11.8. The van der Waals surface area contributed by atoms with Gasteiger partial charge in [0.25, 0.3) is 5.91 Å². The number of carboxylic acids is 1. The van der Waals surface area contributed by atoms with Gasteiger partial charge in [-0.1, -0.05) is 6.07 Å². The molecule has 0 bridgehead atoms. The minimum atomic E-state index is -1.15. The number of pyridine rings is 1. The second kappa shape index (κ2) is 5.95. The van der Waals surface area contributed by atoms with Gasteiger partial charge in [0.2, 0.25) is 0 Å². The molecule has 1 aromatic heterocycles. The van der Waals surface area contributed by atoms with Gasteiger partial charge < -0.3 is 14.7 Å². The smallest absolute Gasteiger partial charge is 0.354 e. The lowest BCUT2D eigenvalue weighted by molar-refractivity contribution is 0.0689. The van der Waals surface area contributed by atoms with E-state index in [9.17, 15) is 9.59 Å². The highest BCUT2D eigenvalue weighted by atomic mass is 16.5. The van der Waals surface area contributed by atoms with Crippen molar-refractivity contribution in [2.45, 2.75) is 0 Å². The Labute approximate surface area is 98.8 Å². The number of carboxylic acid groups (broad SMARTS) is 1. The zero-order valence-electron chi connectivity index (χ0n) is 9.71. The van der Waals surface area contributed by atoms with Crippen LogP contribution in [0.15, 0.2) is 18.2 Å². The number of carbonyl (C=O) groups is 2. The third kappa shape index (κ3) is 3.53. The van der Waals surface area contributed by atoms with Crippen LogP contribution in [0.5, 0.6) is 0 Å². The van der Waals surface area contributed by atoms with Crippen LogP contribution in [0.2, 0.25) is 0 Å². The maximum absolute atomic E-state index is 11.8. The Hall–Kier alpha value is -1.95. The molecule has 0 aliphatic rings. The van der Waals surface area contributed by atoms with Gasteiger partial charge >= 0.3 is 5.97 Å². The lowest BCUT2D eigenvalue weighted by atomic mass is 10.3. The molecule has 6 nitrogen and oxygen atoms in total. The van der Waals surface area contributed by atoms with E-state index in [0.29, 0.717) is 13.2 Å². The summed E-state index contributed by atoms with van der Waals surface area (Å²) in [6.07, 6.45) is 0. The Bertz CT molecular complexity index is 420. The molecule has 0 spiro atoms. The Morgan fingerprint density at radius 3 is 2.65 bits per heavy atom. The second-order valence-electron chi connectivity index (χ2n) is 3.43. The van der Waals surface area contributed by atoms with Crippen molar-refractivity contribution in [3.63, 3.8) is 0 Å². The fourth-order valence-corrected chi connectivity index (χ4v) is 1.20. The minimum absolute atomic E-state index is 0.114. The van der Waals surface area contributed by atoms with E-state index < -0.39 is 5.97 Å². The van der Waals surface area contributed by atoms with Gasteiger partial charge in [0.05, 0.1) is 6.61 Å². The summed E-state index contributed by atoms with van der Waals surface area (Å²) in [5.74, 6) is -1.48. The zero-order chi connectivity index (χ0) is 12.8. The Balaban J connectivity index is 2.81. The number of hydrogen-bond donors (Lipinski definition) is 1. The van der Waals surface area contributed by atoms with Crippen LogP contribution in [0, 0.1) is 0 Å². The van der Waals surface area contributed by atoms with Crippen molar-refractivity contribution in [3.05, 3.63) is 29.6 Å². The van der Waals surface area contributed by atoms with Gasteiger partial charge in [-0.05, 0) is 12.1 Å². The molecule has 0 saturated carbocycles. The highest BCUT2D eigenvalue weighted by Gasteiger charge is 2.14. The summed E-state index contributed by atoms with van der Waals surface area (Å²) in [7, 11) is 3.15. The molecule has 0 aromatic carbocycles. The molecule has 1 aromatic rings. The molecule has 1 heterocycles. The molecule has 92 valence electrons. The largest absolute Gasteiger partial charge is 0.477 e. The average molecular weight is 238 g/mol. The third-order valence-corrected chi connectivity index (χ3v) is 2.16. The van der Waals surface area contributed by atoms with Gasteiger partial charge in [-0.3, -0.25) is 4.79 Å². The first-order chi connectivity index (χ1) is 8.06. The summed E-state index contributed by atoms with van der Waals surface area (Å²) >= 11 is 0. The first-order valence-corrected chi connectivity index (χ1v) is 5.01. The molecule has 17 heavy (non-hydrogen) atoms. The average Bonchev–Trinajstić information content (AvgIpc) is 2.35. The highest BCUT2D eigenvalue weighted by molar-refractivity contribution is 5.94. The van der Waals surface area contributed by atoms with E-state index in [0.717, 1.165) is 0 Å². The molecule has 0 aliphatic heterocycles. The van der Waals surface area contributed by atoms with Crippen molar-refractivity contribution in [1.82, 2.24) is 9.88 Å². The summed E-state index contributed by atoms with van der Waals surface area (Å²) in [4.78, 5) is 27.7. The summed E-state index contributed by atoms with van der Waals surface area (Å²) in [5, 5.41) is 8.76. The fourth-order valence-electron chi connectivity index (χ4n) is 1.20. The first-order valence-electron chi connectivity index (χ1n) is 5.01. The Kier molecular flexibility index (Phi) is 4.59. The molecule has 0 saturated heterocycles. The highest BCUT2D eigenvalue weighted by Crippen LogP contribution is 2.03. The van der Waals surface area contributed by atoms with Crippen LogP contribution in [-0.4, -0.2) is 54.2 Å². The van der Waals surface area contributed by atoms with Gasteiger partial charge in [0.1, 0.15) is 11.4 Å². The molecule has 0 aliphatic carbocycles. The number of aromatic nitrogens is 1. The van der Waals surface area contributed by atoms with E-state index in [1.54, 1.807) is 14.2 Å². The summed E-state index contributed by atoms with van der Waals surface area (Å²) in [6, 6.07) is 4.32. The van der Waals surface area contributed by atoms with E-state index in [1.807, 2.05) is 0 Å². The van der Waals surface area contributed by atoms with Crippen molar-refractivity contribution in [3.8, 4) is 0 Å². The predicted molar refractivity (Wildman–Crippen MR) is 60.0 cm³/mol. The van der Waals surface area contributed by atoms with Crippen LogP contribution in [0.1, 0.15) is 21.0 Å². The number of rotatable bonds is 5. The van der Waals surface area contributed by atoms with Crippen molar-refractivity contribution in [1.29, 1.82) is 0 Å². The molecule has 0 atom stereocenters. The SMILES string of the molecule is COCCN(C)C(=O)c1cccc(C(=O)O)n1. The van der Waals surface area contributed by atoms with E-state index in [4.69, 9.17) is 9.84 Å². The van der Waals surface area contributed by atoms with Gasteiger partial charge in [0, 0.05) is 20.7 Å². The molecule has 0 unspecified atom stereocenters. The topological polar surface area (TPSA) is 79.7 Å². The number of aromatic carboxylic acids is 1. The zero-order valence-corrected chi connectivity index (χ0v) is 9.71. The van der Waals surface area contributed by atoms with Crippen LogP contribution in [0.25, 0.3) is 0 Å². The molecular weight excluding hydrogens is 224 g/mol. The van der Waals surface area contributed by atoms with Crippen LogP contribution >= 0.6 is 0 Å². The number of methoxy groups -OCH3 is 1. The number of hydrogen-bond acceptors (Lipinski definition) is 4. The lowest BCUT2D eigenvalue weighted by Crippen LogP contribution is -2.30. The van der Waals surface area contributed by atoms with Crippen LogP contribution < -0.4 is 0 Å². The predicted octanol–water partition coefficient (Wildman–Crippen LogP) is 0.498. The van der Waals surface area contributed by atoms with Gasteiger partial charge in [-0.25, -0.2) is 9.78 Å². The van der Waals surface area contributed by atoms with E-state index in [-0.39, 0.29) is 17.3 Å². The van der Waals surface area contributed by atoms with Crippen molar-refractivity contribution in [2.24, 2.45) is 0 Å². The minimum Gasteiger partial charge on any atom is -0.477 e. The normalized spacial score (nSPS) is 10.0. The molecule has 0 radical (unpaired) electrons. The lowest BCUT2D eigenvalue weighted by Gasteiger charge is -2.15. The molecule has 1 amide bonds. The standard InChI is InChI=1S/C11H14N2O4/c1-13(6-7-17-2)10(14)8-4-3-5-9(12-8)11(15)16/h3-5H,6-7H2,1-2H3,(H,15,16). The summed E-state index contributed by atoms with van der Waals surface area (Å²) in [6.45, 7) is 0.842. The van der Waals surface area contributed by atoms with E-state index >= 15 is 0 Å².